The van der Waals surface area contributed by atoms with Crippen LogP contribution in [0, 0.1) is 6.92 Å². The van der Waals surface area contributed by atoms with E-state index in [0.29, 0.717) is 0 Å². The van der Waals surface area contributed by atoms with Crippen LogP contribution in [0.4, 0.5) is 4.39 Å². The molecule has 1 aromatic rings. The Labute approximate surface area is 86.4 Å². The molecular weight excluding hydrogens is 203 g/mol. The lowest BCUT2D eigenvalue weighted by Gasteiger charge is -2.03. The molecule has 0 saturated heterocycles. The van der Waals surface area contributed by atoms with Gasteiger partial charge in [-0.2, -0.15) is 0 Å². The van der Waals surface area contributed by atoms with Crippen LogP contribution < -0.4 is 0 Å². The summed E-state index contributed by atoms with van der Waals surface area (Å²) in [4.78, 5) is 0. The van der Waals surface area contributed by atoms with Crippen molar-refractivity contribution in [2.45, 2.75) is 26.3 Å². The Morgan fingerprint density at radius 1 is 1.29 bits per heavy atom. The Kier molecular flexibility index (Phi) is 6.32. The molecular formula is C10H15FO2S. The quantitative estimate of drug-likeness (QED) is 0.774. The molecule has 0 bridgehead atoms. The van der Waals surface area contributed by atoms with Crippen LogP contribution in [0.1, 0.15) is 30.5 Å². The smallest absolute Gasteiger partial charge is 0.225 e. The molecule has 0 amide bonds. The van der Waals surface area contributed by atoms with Gasteiger partial charge in [0.05, 0.1) is 0 Å². The summed E-state index contributed by atoms with van der Waals surface area (Å²) in [6.45, 7) is 5.87. The summed E-state index contributed by atoms with van der Waals surface area (Å²) in [6, 6.07) is 6.42. The van der Waals surface area contributed by atoms with Gasteiger partial charge < -0.3 is 4.55 Å². The third-order valence-electron chi connectivity index (χ3n) is 1.52. The molecule has 14 heavy (non-hydrogen) atoms. The van der Waals surface area contributed by atoms with Crippen LogP contribution in [-0.2, 0) is 11.1 Å². The van der Waals surface area contributed by atoms with Gasteiger partial charge in [-0.3, -0.25) is 0 Å². The Balaban J connectivity index is 0.000000791. The van der Waals surface area contributed by atoms with E-state index in [0.717, 1.165) is 5.56 Å². The average molecular weight is 218 g/mol. The van der Waals surface area contributed by atoms with Crippen molar-refractivity contribution in [2.24, 2.45) is 0 Å². The summed E-state index contributed by atoms with van der Waals surface area (Å²) < 4.78 is 31.6. The van der Waals surface area contributed by atoms with Gasteiger partial charge in [0.15, 0.2) is 11.1 Å². The first-order valence-corrected chi connectivity index (χ1v) is 5.58. The molecule has 2 nitrogen and oxygen atoms in total. The van der Waals surface area contributed by atoms with Gasteiger partial charge >= 0.3 is 0 Å². The summed E-state index contributed by atoms with van der Waals surface area (Å²) in [7, 11) is 0. The SMILES string of the molecule is CC.Cc1ccc(C(F)S(=O)O)cc1. The zero-order chi connectivity index (χ0) is 11.1. The summed E-state index contributed by atoms with van der Waals surface area (Å²) in [5.41, 5.74) is -0.568. The molecule has 0 spiro atoms. The van der Waals surface area contributed by atoms with Gasteiger partial charge in [0, 0.05) is 5.56 Å². The van der Waals surface area contributed by atoms with Crippen molar-refractivity contribution >= 4 is 11.1 Å². The van der Waals surface area contributed by atoms with E-state index in [4.69, 9.17) is 4.55 Å². The average Bonchev–Trinajstić information content (AvgIpc) is 2.21. The highest BCUT2D eigenvalue weighted by Crippen LogP contribution is 2.19. The van der Waals surface area contributed by atoms with Gasteiger partial charge in [-0.15, -0.1) is 0 Å². The molecule has 1 N–H and O–H groups in total. The number of hydrogen-bond acceptors (Lipinski definition) is 1. The van der Waals surface area contributed by atoms with Crippen LogP contribution in [-0.4, -0.2) is 8.76 Å². The number of halogens is 1. The number of benzene rings is 1. The molecule has 80 valence electrons. The number of rotatable bonds is 2. The topological polar surface area (TPSA) is 37.3 Å². The number of aryl methyl sites for hydroxylation is 1. The minimum atomic E-state index is -2.43. The van der Waals surface area contributed by atoms with E-state index in [1.54, 1.807) is 12.1 Å². The molecule has 1 aromatic carbocycles. The highest BCUT2D eigenvalue weighted by atomic mass is 32.2. The summed E-state index contributed by atoms with van der Waals surface area (Å²) in [6.07, 6.45) is 0. The highest BCUT2D eigenvalue weighted by Gasteiger charge is 2.14. The van der Waals surface area contributed by atoms with E-state index in [-0.39, 0.29) is 5.56 Å². The highest BCUT2D eigenvalue weighted by molar-refractivity contribution is 7.79. The molecule has 0 aliphatic heterocycles. The molecule has 0 heterocycles. The van der Waals surface area contributed by atoms with Crippen molar-refractivity contribution in [3.05, 3.63) is 35.4 Å². The predicted molar refractivity (Wildman–Crippen MR) is 57.1 cm³/mol. The van der Waals surface area contributed by atoms with Gasteiger partial charge in [0.2, 0.25) is 5.50 Å². The fourth-order valence-corrected chi connectivity index (χ4v) is 1.22. The van der Waals surface area contributed by atoms with E-state index in [2.05, 4.69) is 0 Å². The molecule has 1 rings (SSSR count). The van der Waals surface area contributed by atoms with E-state index in [1.807, 2.05) is 20.8 Å². The third kappa shape index (κ3) is 3.98. The second-order valence-corrected chi connectivity index (χ2v) is 3.47. The van der Waals surface area contributed by atoms with Gasteiger partial charge in [-0.05, 0) is 6.92 Å². The van der Waals surface area contributed by atoms with Crippen molar-refractivity contribution in [3.63, 3.8) is 0 Å². The summed E-state index contributed by atoms with van der Waals surface area (Å²) >= 11 is -2.43. The lowest BCUT2D eigenvalue weighted by atomic mass is 10.2. The van der Waals surface area contributed by atoms with Crippen LogP contribution in [0.3, 0.4) is 0 Å². The van der Waals surface area contributed by atoms with Crippen LogP contribution in [0.2, 0.25) is 0 Å². The van der Waals surface area contributed by atoms with Crippen molar-refractivity contribution < 1.29 is 13.2 Å². The minimum Gasteiger partial charge on any atom is -0.304 e. The predicted octanol–water partition coefficient (Wildman–Crippen LogP) is 3.21. The van der Waals surface area contributed by atoms with E-state index < -0.39 is 16.6 Å². The molecule has 0 radical (unpaired) electrons. The van der Waals surface area contributed by atoms with Gasteiger partial charge in [-0.1, -0.05) is 43.7 Å². The number of hydrogen-bond donors (Lipinski definition) is 1. The van der Waals surface area contributed by atoms with Crippen LogP contribution in [0.15, 0.2) is 24.3 Å². The zero-order valence-electron chi connectivity index (χ0n) is 8.53. The van der Waals surface area contributed by atoms with E-state index in [9.17, 15) is 8.60 Å². The van der Waals surface area contributed by atoms with Gasteiger partial charge in [0.1, 0.15) is 0 Å². The van der Waals surface area contributed by atoms with E-state index >= 15 is 0 Å². The van der Waals surface area contributed by atoms with E-state index in [1.165, 1.54) is 12.1 Å². The van der Waals surface area contributed by atoms with Gasteiger partial charge in [-0.25, -0.2) is 8.60 Å². The first kappa shape index (κ1) is 13.3. The monoisotopic (exact) mass is 218 g/mol. The Morgan fingerprint density at radius 2 is 1.71 bits per heavy atom. The standard InChI is InChI=1S/C8H9FO2S.C2H6/c1-6-2-4-7(5-3-6)8(9)12(10)11;1-2/h2-5,8H,1H3,(H,10,11);1-2H3. The Morgan fingerprint density at radius 3 is 2.07 bits per heavy atom. The molecule has 0 saturated carbocycles. The summed E-state index contributed by atoms with van der Waals surface area (Å²) in [5.74, 6) is 0. The Bertz CT molecular complexity index is 285. The fraction of sp³-hybridized carbons (Fsp3) is 0.400. The maximum atomic E-state index is 12.8. The molecule has 0 aliphatic carbocycles. The normalized spacial score (nSPS) is 13.8. The van der Waals surface area contributed by atoms with Crippen molar-refractivity contribution in [2.75, 3.05) is 0 Å². The molecule has 2 unspecified atom stereocenters. The first-order valence-electron chi connectivity index (χ1n) is 4.41. The minimum absolute atomic E-state index is 0.237. The van der Waals surface area contributed by atoms with Crippen LogP contribution >= 0.6 is 0 Å². The van der Waals surface area contributed by atoms with Crippen molar-refractivity contribution in [1.29, 1.82) is 0 Å². The fourth-order valence-electron chi connectivity index (χ4n) is 0.834. The second-order valence-electron chi connectivity index (χ2n) is 2.50. The first-order chi connectivity index (χ1) is 6.61. The maximum Gasteiger partial charge on any atom is 0.225 e. The summed E-state index contributed by atoms with van der Waals surface area (Å²) in [5, 5.41) is 0. The molecule has 0 aromatic heterocycles. The lowest BCUT2D eigenvalue weighted by Crippen LogP contribution is -1.98. The zero-order valence-corrected chi connectivity index (χ0v) is 9.34. The third-order valence-corrected chi connectivity index (χ3v) is 2.14. The van der Waals surface area contributed by atoms with Gasteiger partial charge in [0.25, 0.3) is 0 Å². The van der Waals surface area contributed by atoms with Crippen molar-refractivity contribution in [3.8, 4) is 0 Å². The molecule has 0 fully saturated rings. The van der Waals surface area contributed by atoms with Crippen molar-refractivity contribution in [1.82, 2.24) is 0 Å². The van der Waals surface area contributed by atoms with Crippen LogP contribution in [0.25, 0.3) is 0 Å². The van der Waals surface area contributed by atoms with Crippen LogP contribution in [0.5, 0.6) is 0 Å². The Hall–Kier alpha value is -0.740. The second kappa shape index (κ2) is 6.68. The number of alkyl halides is 1. The molecule has 4 heteroatoms. The lowest BCUT2D eigenvalue weighted by molar-refractivity contribution is 0.419. The molecule has 0 aliphatic rings. The largest absolute Gasteiger partial charge is 0.304 e. The molecule has 2 atom stereocenters. The maximum absolute atomic E-state index is 12.8.